The maximum Gasteiger partial charge on any atom is 0.110 e. The van der Waals surface area contributed by atoms with Crippen molar-refractivity contribution in [2.75, 3.05) is 0 Å². The molecule has 0 aliphatic rings. The van der Waals surface area contributed by atoms with Gasteiger partial charge in [0.1, 0.15) is 5.82 Å². The lowest BCUT2D eigenvalue weighted by Gasteiger charge is -2.11. The summed E-state index contributed by atoms with van der Waals surface area (Å²) >= 11 is 6.07. The molecule has 0 aliphatic heterocycles. The van der Waals surface area contributed by atoms with Gasteiger partial charge in [-0.2, -0.15) is 0 Å². The van der Waals surface area contributed by atoms with Crippen LogP contribution < -0.4 is 0 Å². The Bertz CT molecular complexity index is 1080. The molecule has 0 aliphatic carbocycles. The van der Waals surface area contributed by atoms with Gasteiger partial charge in [0, 0.05) is 18.0 Å². The molecule has 0 saturated carbocycles. The van der Waals surface area contributed by atoms with Crippen molar-refractivity contribution in [3.8, 4) is 0 Å². The van der Waals surface area contributed by atoms with Crippen LogP contribution in [0.1, 0.15) is 34.5 Å². The first-order valence-corrected chi connectivity index (χ1v) is 10.2. The van der Waals surface area contributed by atoms with E-state index < -0.39 is 0 Å². The van der Waals surface area contributed by atoms with Crippen molar-refractivity contribution in [3.63, 3.8) is 0 Å². The fourth-order valence-electron chi connectivity index (χ4n) is 3.66. The van der Waals surface area contributed by atoms with Gasteiger partial charge in [-0.15, -0.1) is 0 Å². The zero-order valence-electron chi connectivity index (χ0n) is 16.5. The van der Waals surface area contributed by atoms with E-state index in [2.05, 4.69) is 73.0 Å². The molecule has 1 aromatic heterocycles. The molecular weight excluding hydrogens is 364 g/mol. The number of aromatic nitrogens is 2. The third kappa shape index (κ3) is 4.13. The predicted octanol–water partition coefficient (Wildman–Crippen LogP) is 6.53. The Kier molecular flexibility index (Phi) is 5.50. The molecule has 28 heavy (non-hydrogen) atoms. The molecule has 0 fully saturated rings. The number of aryl methyl sites for hydroxylation is 4. The second kappa shape index (κ2) is 8.20. The smallest absolute Gasteiger partial charge is 0.110 e. The van der Waals surface area contributed by atoms with Crippen molar-refractivity contribution in [2.24, 2.45) is 0 Å². The Hall–Kier alpha value is -2.58. The SMILES string of the molecule is Cc1cc2nc(CCCc3ccccc3)n(Cc3ccc(Cl)cc3)c2cc1C. The number of nitrogens with zero attached hydrogens (tertiary/aromatic N) is 2. The van der Waals surface area contributed by atoms with Gasteiger partial charge in [0.2, 0.25) is 0 Å². The fraction of sp³-hybridized carbons (Fsp3) is 0.240. The second-order valence-corrected chi connectivity index (χ2v) is 7.94. The first-order chi connectivity index (χ1) is 13.6. The lowest BCUT2D eigenvalue weighted by molar-refractivity contribution is 0.698. The summed E-state index contributed by atoms with van der Waals surface area (Å²) in [6.07, 6.45) is 3.13. The monoisotopic (exact) mass is 388 g/mol. The van der Waals surface area contributed by atoms with E-state index in [9.17, 15) is 0 Å². The van der Waals surface area contributed by atoms with E-state index in [1.807, 2.05) is 12.1 Å². The fourth-order valence-corrected chi connectivity index (χ4v) is 3.79. The molecule has 0 amide bonds. The summed E-state index contributed by atoms with van der Waals surface area (Å²) in [6.45, 7) is 5.14. The van der Waals surface area contributed by atoms with Gasteiger partial charge in [-0.25, -0.2) is 4.98 Å². The Morgan fingerprint density at radius 1 is 0.821 bits per heavy atom. The third-order valence-electron chi connectivity index (χ3n) is 5.41. The quantitative estimate of drug-likeness (QED) is 0.367. The van der Waals surface area contributed by atoms with Gasteiger partial charge in [0.05, 0.1) is 11.0 Å². The molecule has 0 radical (unpaired) electrons. The number of rotatable bonds is 6. The number of halogens is 1. The highest BCUT2D eigenvalue weighted by atomic mass is 35.5. The van der Waals surface area contributed by atoms with Crippen LogP contribution in [0.4, 0.5) is 0 Å². The highest BCUT2D eigenvalue weighted by Gasteiger charge is 2.13. The molecule has 1 heterocycles. The standard InChI is InChI=1S/C25H25ClN2/c1-18-15-23-24(16-19(18)2)28(17-21-11-13-22(26)14-12-21)25(27-23)10-6-9-20-7-4-3-5-8-20/h3-5,7-8,11-16H,6,9-10,17H2,1-2H3. The normalized spacial score (nSPS) is 11.2. The zero-order chi connectivity index (χ0) is 19.5. The van der Waals surface area contributed by atoms with E-state index in [1.165, 1.54) is 27.8 Å². The van der Waals surface area contributed by atoms with Crippen LogP contribution in [0.2, 0.25) is 5.02 Å². The molecular formula is C25H25ClN2. The number of imidazole rings is 1. The lowest BCUT2D eigenvalue weighted by atomic mass is 10.1. The van der Waals surface area contributed by atoms with E-state index >= 15 is 0 Å². The Labute approximate surface area is 171 Å². The van der Waals surface area contributed by atoms with Crippen molar-refractivity contribution in [2.45, 2.75) is 39.7 Å². The molecule has 0 N–H and O–H groups in total. The van der Waals surface area contributed by atoms with Crippen LogP contribution in [0.25, 0.3) is 11.0 Å². The molecule has 142 valence electrons. The van der Waals surface area contributed by atoms with Gasteiger partial charge in [-0.3, -0.25) is 0 Å². The highest BCUT2D eigenvalue weighted by Crippen LogP contribution is 2.23. The Morgan fingerprint density at radius 2 is 1.54 bits per heavy atom. The number of hydrogen-bond acceptors (Lipinski definition) is 1. The predicted molar refractivity (Wildman–Crippen MR) is 118 cm³/mol. The Morgan fingerprint density at radius 3 is 2.29 bits per heavy atom. The van der Waals surface area contributed by atoms with E-state index in [1.54, 1.807) is 0 Å². The molecule has 4 rings (SSSR count). The second-order valence-electron chi connectivity index (χ2n) is 7.50. The first kappa shape index (κ1) is 18.8. The average Bonchev–Trinajstić information content (AvgIpc) is 3.01. The summed E-state index contributed by atoms with van der Waals surface area (Å²) in [5, 5.41) is 0.772. The molecule has 0 unspecified atom stereocenters. The molecule has 4 aromatic rings. The maximum atomic E-state index is 6.07. The maximum absolute atomic E-state index is 6.07. The van der Waals surface area contributed by atoms with Crippen molar-refractivity contribution in [3.05, 3.63) is 99.8 Å². The highest BCUT2D eigenvalue weighted by molar-refractivity contribution is 6.30. The van der Waals surface area contributed by atoms with Crippen molar-refractivity contribution in [1.29, 1.82) is 0 Å². The van der Waals surface area contributed by atoms with Gasteiger partial charge in [0.15, 0.2) is 0 Å². The lowest BCUT2D eigenvalue weighted by Crippen LogP contribution is -2.06. The molecule has 0 bridgehead atoms. The molecule has 0 spiro atoms. The van der Waals surface area contributed by atoms with E-state index in [0.29, 0.717) is 0 Å². The van der Waals surface area contributed by atoms with Crippen molar-refractivity contribution >= 4 is 22.6 Å². The molecule has 3 aromatic carbocycles. The van der Waals surface area contributed by atoms with Crippen LogP contribution in [0.3, 0.4) is 0 Å². The minimum absolute atomic E-state index is 0.772. The molecule has 3 heteroatoms. The van der Waals surface area contributed by atoms with Gasteiger partial charge in [-0.05, 0) is 73.2 Å². The topological polar surface area (TPSA) is 17.8 Å². The van der Waals surface area contributed by atoms with E-state index in [4.69, 9.17) is 16.6 Å². The molecule has 0 atom stereocenters. The minimum Gasteiger partial charge on any atom is -0.323 e. The summed E-state index contributed by atoms with van der Waals surface area (Å²) in [5.74, 6) is 1.16. The van der Waals surface area contributed by atoms with Crippen LogP contribution in [-0.4, -0.2) is 9.55 Å². The largest absolute Gasteiger partial charge is 0.323 e. The van der Waals surface area contributed by atoms with Crippen LogP contribution in [0.5, 0.6) is 0 Å². The minimum atomic E-state index is 0.772. The van der Waals surface area contributed by atoms with Crippen LogP contribution in [-0.2, 0) is 19.4 Å². The van der Waals surface area contributed by atoms with E-state index in [-0.39, 0.29) is 0 Å². The zero-order valence-corrected chi connectivity index (χ0v) is 17.2. The first-order valence-electron chi connectivity index (χ1n) is 9.85. The molecule has 0 saturated heterocycles. The summed E-state index contributed by atoms with van der Waals surface area (Å²) in [4.78, 5) is 5.00. The van der Waals surface area contributed by atoms with Gasteiger partial charge >= 0.3 is 0 Å². The number of benzene rings is 3. The summed E-state index contributed by atoms with van der Waals surface area (Å²) < 4.78 is 2.37. The third-order valence-corrected chi connectivity index (χ3v) is 5.66. The van der Waals surface area contributed by atoms with Gasteiger partial charge in [0.25, 0.3) is 0 Å². The van der Waals surface area contributed by atoms with Crippen molar-refractivity contribution in [1.82, 2.24) is 9.55 Å². The van der Waals surface area contributed by atoms with Gasteiger partial charge in [-0.1, -0.05) is 54.1 Å². The summed E-state index contributed by atoms with van der Waals surface area (Å²) in [5.41, 5.74) is 7.53. The van der Waals surface area contributed by atoms with Crippen molar-refractivity contribution < 1.29 is 0 Å². The van der Waals surface area contributed by atoms with E-state index in [0.717, 1.165) is 42.2 Å². The van der Waals surface area contributed by atoms with Crippen LogP contribution in [0.15, 0.2) is 66.7 Å². The van der Waals surface area contributed by atoms with Crippen LogP contribution >= 0.6 is 11.6 Å². The summed E-state index contributed by atoms with van der Waals surface area (Å²) in [7, 11) is 0. The number of fused-ring (bicyclic) bond motifs is 1. The Balaban J connectivity index is 1.64. The molecule has 2 nitrogen and oxygen atoms in total. The summed E-state index contributed by atoms with van der Waals surface area (Å²) in [6, 6.07) is 23.3. The number of hydrogen-bond donors (Lipinski definition) is 0. The average molecular weight is 389 g/mol. The van der Waals surface area contributed by atoms with Crippen LogP contribution in [0, 0.1) is 13.8 Å². The van der Waals surface area contributed by atoms with Gasteiger partial charge < -0.3 is 4.57 Å².